The first-order valence-corrected chi connectivity index (χ1v) is 8.72. The van der Waals surface area contributed by atoms with Crippen molar-refractivity contribution in [2.24, 2.45) is 0 Å². The summed E-state index contributed by atoms with van der Waals surface area (Å²) in [6.45, 7) is 7.31. The summed E-state index contributed by atoms with van der Waals surface area (Å²) in [6.07, 6.45) is 1.95. The number of likely N-dealkylation sites (tertiary alicyclic amines) is 1. The molecule has 0 radical (unpaired) electrons. The number of piperazine rings is 1. The van der Waals surface area contributed by atoms with Crippen molar-refractivity contribution >= 4 is 17.5 Å². The van der Waals surface area contributed by atoms with Crippen molar-refractivity contribution in [3.63, 3.8) is 0 Å². The molecule has 3 rings (SSSR count). The van der Waals surface area contributed by atoms with Gasteiger partial charge in [-0.25, -0.2) is 0 Å². The fourth-order valence-electron chi connectivity index (χ4n) is 3.54. The number of aromatic nitrogens is 1. The lowest BCUT2D eigenvalue weighted by atomic mass is 10.1. The van der Waals surface area contributed by atoms with Gasteiger partial charge in [0.1, 0.15) is 6.07 Å². The maximum atomic E-state index is 12.4. The molecule has 7 heteroatoms. The minimum absolute atomic E-state index is 0.376. The minimum Gasteiger partial charge on any atom is -0.367 e. The average molecular weight is 341 g/mol. The molecule has 1 aromatic heterocycles. The third-order valence-corrected chi connectivity index (χ3v) is 4.90. The molecule has 3 heterocycles. The Kier molecular flexibility index (Phi) is 4.88. The van der Waals surface area contributed by atoms with E-state index in [1.165, 1.54) is 0 Å². The van der Waals surface area contributed by atoms with E-state index in [9.17, 15) is 14.9 Å². The summed E-state index contributed by atoms with van der Waals surface area (Å²) < 4.78 is 0. The van der Waals surface area contributed by atoms with E-state index in [2.05, 4.69) is 16.0 Å². The Hall–Kier alpha value is -2.62. The van der Waals surface area contributed by atoms with Crippen LogP contribution in [0.25, 0.3) is 0 Å². The third kappa shape index (κ3) is 3.43. The third-order valence-electron chi connectivity index (χ3n) is 4.90. The van der Waals surface area contributed by atoms with E-state index < -0.39 is 5.91 Å². The lowest BCUT2D eigenvalue weighted by Crippen LogP contribution is -2.53. The Morgan fingerprint density at radius 2 is 1.56 bits per heavy atom. The first-order valence-electron chi connectivity index (χ1n) is 8.72. The number of amides is 2. The van der Waals surface area contributed by atoms with Crippen LogP contribution in [-0.4, -0.2) is 65.9 Å². The Balaban J connectivity index is 1.67. The number of pyridine rings is 1. The predicted octanol–water partition coefficient (Wildman–Crippen LogP) is 0.841. The van der Waals surface area contributed by atoms with Crippen LogP contribution in [0.5, 0.6) is 0 Å². The van der Waals surface area contributed by atoms with E-state index in [1.807, 2.05) is 19.9 Å². The van der Waals surface area contributed by atoms with Crippen molar-refractivity contribution < 1.29 is 9.59 Å². The average Bonchev–Trinajstić information content (AvgIpc) is 3.14. The Labute approximate surface area is 147 Å². The quantitative estimate of drug-likeness (QED) is 0.707. The zero-order valence-corrected chi connectivity index (χ0v) is 14.8. The van der Waals surface area contributed by atoms with Crippen LogP contribution in [0.4, 0.5) is 5.69 Å². The first-order chi connectivity index (χ1) is 12.0. The molecule has 0 N–H and O–H groups in total. The molecule has 0 spiro atoms. The topological polar surface area (TPSA) is 80.5 Å². The van der Waals surface area contributed by atoms with Gasteiger partial charge in [0.25, 0.3) is 0 Å². The summed E-state index contributed by atoms with van der Waals surface area (Å²) in [6, 6.07) is 4.15. The van der Waals surface area contributed by atoms with Gasteiger partial charge in [0, 0.05) is 45.0 Å². The molecule has 2 saturated heterocycles. The number of carbonyl (C=O) groups is 2. The summed E-state index contributed by atoms with van der Waals surface area (Å²) in [4.78, 5) is 34.4. The molecule has 132 valence electrons. The van der Waals surface area contributed by atoms with Gasteiger partial charge in [-0.1, -0.05) is 0 Å². The fourth-order valence-corrected chi connectivity index (χ4v) is 3.54. The van der Waals surface area contributed by atoms with Crippen LogP contribution < -0.4 is 4.90 Å². The highest BCUT2D eigenvalue weighted by Gasteiger charge is 2.31. The number of anilines is 1. The van der Waals surface area contributed by atoms with Crippen molar-refractivity contribution in [3.8, 4) is 6.07 Å². The maximum absolute atomic E-state index is 12.4. The molecular weight excluding hydrogens is 318 g/mol. The molecule has 0 aliphatic carbocycles. The van der Waals surface area contributed by atoms with Crippen LogP contribution in [0, 0.1) is 25.2 Å². The van der Waals surface area contributed by atoms with Gasteiger partial charge in [0.15, 0.2) is 0 Å². The van der Waals surface area contributed by atoms with Gasteiger partial charge in [-0.05, 0) is 32.8 Å². The van der Waals surface area contributed by atoms with Gasteiger partial charge in [-0.2, -0.15) is 5.26 Å². The summed E-state index contributed by atoms with van der Waals surface area (Å²) in [5.74, 6) is -0.775. The van der Waals surface area contributed by atoms with Gasteiger partial charge in [-0.15, -0.1) is 0 Å². The molecule has 2 aliphatic heterocycles. The van der Waals surface area contributed by atoms with E-state index >= 15 is 0 Å². The second kappa shape index (κ2) is 7.09. The van der Waals surface area contributed by atoms with E-state index in [4.69, 9.17) is 0 Å². The Morgan fingerprint density at radius 3 is 2.12 bits per heavy atom. The molecule has 0 saturated carbocycles. The molecule has 2 amide bonds. The normalized spacial score (nSPS) is 17.6. The fraction of sp³-hybridized carbons (Fsp3) is 0.556. The Bertz CT molecular complexity index is 726. The van der Waals surface area contributed by atoms with Crippen LogP contribution in [0.3, 0.4) is 0 Å². The van der Waals surface area contributed by atoms with Crippen LogP contribution in [0.1, 0.15) is 29.8 Å². The standard InChI is InChI=1S/C18H23N5O2/c1-13-11-16(15(12-19)14(2)20-13)21-7-9-23(10-8-21)18(25)17(24)22-5-3-4-6-22/h11H,3-10H2,1-2H3. The van der Waals surface area contributed by atoms with E-state index in [1.54, 1.807) is 9.80 Å². The van der Waals surface area contributed by atoms with Crippen molar-refractivity contribution in [1.29, 1.82) is 5.26 Å². The monoisotopic (exact) mass is 341 g/mol. The molecule has 0 aromatic carbocycles. The number of nitrogens with zero attached hydrogens (tertiary/aromatic N) is 5. The summed E-state index contributed by atoms with van der Waals surface area (Å²) in [5, 5.41) is 9.42. The minimum atomic E-state index is -0.399. The molecule has 7 nitrogen and oxygen atoms in total. The second-order valence-corrected chi connectivity index (χ2v) is 6.63. The van der Waals surface area contributed by atoms with Gasteiger partial charge in [-0.3, -0.25) is 14.6 Å². The number of rotatable bonds is 1. The number of aryl methyl sites for hydroxylation is 2. The highest BCUT2D eigenvalue weighted by Crippen LogP contribution is 2.24. The van der Waals surface area contributed by atoms with Crippen LogP contribution in [0.2, 0.25) is 0 Å². The van der Waals surface area contributed by atoms with Gasteiger partial charge in [0.2, 0.25) is 0 Å². The molecule has 0 unspecified atom stereocenters. The molecule has 0 bridgehead atoms. The zero-order chi connectivity index (χ0) is 18.0. The molecule has 2 aliphatic rings. The van der Waals surface area contributed by atoms with Crippen LogP contribution in [-0.2, 0) is 9.59 Å². The van der Waals surface area contributed by atoms with E-state index in [-0.39, 0.29) is 5.91 Å². The highest BCUT2D eigenvalue weighted by atomic mass is 16.2. The smallest absolute Gasteiger partial charge is 0.312 e. The number of carbonyl (C=O) groups excluding carboxylic acids is 2. The van der Waals surface area contributed by atoms with Gasteiger partial charge >= 0.3 is 11.8 Å². The Morgan fingerprint density at radius 1 is 1.00 bits per heavy atom. The van der Waals surface area contributed by atoms with Crippen LogP contribution in [0.15, 0.2) is 6.07 Å². The van der Waals surface area contributed by atoms with Gasteiger partial charge in [0.05, 0.1) is 16.9 Å². The number of nitriles is 1. The molecule has 2 fully saturated rings. The van der Waals surface area contributed by atoms with Crippen molar-refractivity contribution in [3.05, 3.63) is 23.0 Å². The van der Waals surface area contributed by atoms with E-state index in [0.717, 1.165) is 29.9 Å². The van der Waals surface area contributed by atoms with Crippen molar-refractivity contribution in [1.82, 2.24) is 14.8 Å². The number of hydrogen-bond donors (Lipinski definition) is 0. The van der Waals surface area contributed by atoms with Crippen molar-refractivity contribution in [2.45, 2.75) is 26.7 Å². The molecule has 1 aromatic rings. The lowest BCUT2D eigenvalue weighted by Gasteiger charge is -2.36. The largest absolute Gasteiger partial charge is 0.367 e. The molecular formula is C18H23N5O2. The first kappa shape index (κ1) is 17.2. The van der Waals surface area contributed by atoms with E-state index in [0.29, 0.717) is 44.8 Å². The highest BCUT2D eigenvalue weighted by molar-refractivity contribution is 6.35. The maximum Gasteiger partial charge on any atom is 0.312 e. The summed E-state index contributed by atoms with van der Waals surface area (Å²) in [5.41, 5.74) is 3.04. The molecule has 25 heavy (non-hydrogen) atoms. The predicted molar refractivity (Wildman–Crippen MR) is 93.0 cm³/mol. The summed E-state index contributed by atoms with van der Waals surface area (Å²) >= 11 is 0. The van der Waals surface area contributed by atoms with Gasteiger partial charge < -0.3 is 14.7 Å². The van der Waals surface area contributed by atoms with Crippen molar-refractivity contribution in [2.75, 3.05) is 44.2 Å². The second-order valence-electron chi connectivity index (χ2n) is 6.63. The lowest BCUT2D eigenvalue weighted by molar-refractivity contribution is -0.151. The zero-order valence-electron chi connectivity index (χ0n) is 14.8. The molecule has 0 atom stereocenters. The SMILES string of the molecule is Cc1cc(N2CCN(C(=O)C(=O)N3CCCC3)CC2)c(C#N)c(C)n1. The summed E-state index contributed by atoms with van der Waals surface area (Å²) in [7, 11) is 0. The number of hydrogen-bond acceptors (Lipinski definition) is 5. The van der Waals surface area contributed by atoms with Crippen LogP contribution >= 0.6 is 0 Å².